The van der Waals surface area contributed by atoms with E-state index in [1.807, 2.05) is 36.4 Å². The number of nitrogens with zero attached hydrogens (tertiary/aromatic N) is 4. The lowest BCUT2D eigenvalue weighted by Crippen LogP contribution is -2.06. The molecule has 134 valence electrons. The first kappa shape index (κ1) is 18.5. The van der Waals surface area contributed by atoms with Gasteiger partial charge >= 0.3 is 0 Å². The third-order valence-electron chi connectivity index (χ3n) is 3.80. The van der Waals surface area contributed by atoms with Crippen molar-refractivity contribution in [2.45, 2.75) is 36.2 Å². The highest BCUT2D eigenvalue weighted by molar-refractivity contribution is 7.99. The van der Waals surface area contributed by atoms with Crippen molar-refractivity contribution in [3.05, 3.63) is 70.9 Å². The average Bonchev–Trinajstić information content (AvgIpc) is 2.94. The second-order valence-corrected chi connectivity index (χ2v) is 7.56. The zero-order valence-corrected chi connectivity index (χ0v) is 16.1. The lowest BCUT2D eigenvalue weighted by atomic mass is 10.1. The second kappa shape index (κ2) is 8.38. The van der Waals surface area contributed by atoms with Crippen LogP contribution in [0.1, 0.15) is 36.8 Å². The van der Waals surface area contributed by atoms with Gasteiger partial charge in [-0.3, -0.25) is 4.98 Å². The first-order valence-corrected chi connectivity index (χ1v) is 9.38. The molecule has 0 saturated heterocycles. The summed E-state index contributed by atoms with van der Waals surface area (Å²) in [5.74, 6) is 0.832. The van der Waals surface area contributed by atoms with Gasteiger partial charge in [0.2, 0.25) is 0 Å². The van der Waals surface area contributed by atoms with E-state index in [1.165, 1.54) is 6.21 Å². The monoisotopic (exact) mass is 386 g/mol. The van der Waals surface area contributed by atoms with Crippen molar-refractivity contribution in [1.29, 1.82) is 0 Å². The van der Waals surface area contributed by atoms with Crippen LogP contribution in [0.25, 0.3) is 0 Å². The number of halogens is 1. The molecule has 7 heteroatoms. The molecule has 0 unspecified atom stereocenters. The molecule has 0 saturated carbocycles. The van der Waals surface area contributed by atoms with Crippen molar-refractivity contribution >= 4 is 29.6 Å². The van der Waals surface area contributed by atoms with E-state index in [0.717, 1.165) is 21.2 Å². The maximum absolute atomic E-state index is 9.06. The maximum atomic E-state index is 9.06. The van der Waals surface area contributed by atoms with E-state index in [1.54, 1.807) is 24.2 Å². The Morgan fingerprint density at radius 3 is 2.69 bits per heavy atom. The van der Waals surface area contributed by atoms with Crippen molar-refractivity contribution in [2.24, 2.45) is 5.16 Å². The Morgan fingerprint density at radius 1 is 1.27 bits per heavy atom. The Morgan fingerprint density at radius 2 is 2.04 bits per heavy atom. The topological polar surface area (TPSA) is 63.3 Å². The van der Waals surface area contributed by atoms with E-state index in [0.29, 0.717) is 17.4 Å². The third kappa shape index (κ3) is 4.26. The SMILES string of the molecule is CC(C)c1nc(/C=N/O)n(Cc2ccncc2)c1Sc1cccc(Cl)c1. The quantitative estimate of drug-likeness (QED) is 0.365. The van der Waals surface area contributed by atoms with Gasteiger partial charge in [0.05, 0.1) is 12.2 Å². The van der Waals surface area contributed by atoms with Gasteiger partial charge in [0, 0.05) is 22.3 Å². The van der Waals surface area contributed by atoms with E-state index in [2.05, 4.69) is 28.6 Å². The fourth-order valence-corrected chi connectivity index (χ4v) is 4.04. The minimum Gasteiger partial charge on any atom is -0.411 e. The van der Waals surface area contributed by atoms with E-state index in [-0.39, 0.29) is 5.92 Å². The van der Waals surface area contributed by atoms with Crippen molar-refractivity contribution < 1.29 is 5.21 Å². The van der Waals surface area contributed by atoms with Gasteiger partial charge in [0.25, 0.3) is 0 Å². The molecule has 2 aromatic heterocycles. The molecule has 2 heterocycles. The molecular formula is C19H19ClN4OS. The van der Waals surface area contributed by atoms with Crippen LogP contribution in [0.3, 0.4) is 0 Å². The number of imidazole rings is 1. The Kier molecular flexibility index (Phi) is 5.96. The molecule has 0 radical (unpaired) electrons. The van der Waals surface area contributed by atoms with Crippen LogP contribution in [0.5, 0.6) is 0 Å². The first-order chi connectivity index (χ1) is 12.6. The lowest BCUT2D eigenvalue weighted by Gasteiger charge is -2.12. The Bertz CT molecular complexity index is 909. The first-order valence-electron chi connectivity index (χ1n) is 8.18. The second-order valence-electron chi connectivity index (χ2n) is 6.06. The maximum Gasteiger partial charge on any atom is 0.156 e. The van der Waals surface area contributed by atoms with Crippen molar-refractivity contribution in [1.82, 2.24) is 14.5 Å². The zero-order valence-electron chi connectivity index (χ0n) is 14.5. The minimum atomic E-state index is 0.223. The molecule has 0 fully saturated rings. The summed E-state index contributed by atoms with van der Waals surface area (Å²) in [6.45, 7) is 4.80. The van der Waals surface area contributed by atoms with Gasteiger partial charge in [-0.2, -0.15) is 0 Å². The van der Waals surface area contributed by atoms with Crippen LogP contribution in [0.2, 0.25) is 5.02 Å². The summed E-state index contributed by atoms with van der Waals surface area (Å²) in [4.78, 5) is 9.80. The molecule has 0 amide bonds. The molecular weight excluding hydrogens is 368 g/mol. The van der Waals surface area contributed by atoms with Gasteiger partial charge < -0.3 is 9.77 Å². The fraction of sp³-hybridized carbons (Fsp3) is 0.211. The molecule has 3 aromatic rings. The summed E-state index contributed by atoms with van der Waals surface area (Å²) < 4.78 is 2.05. The Hall–Kier alpha value is -2.31. The van der Waals surface area contributed by atoms with Crippen LogP contribution in [-0.4, -0.2) is 26.0 Å². The molecule has 0 atom stereocenters. The molecule has 5 nitrogen and oxygen atoms in total. The molecule has 0 aliphatic carbocycles. The molecule has 26 heavy (non-hydrogen) atoms. The number of benzene rings is 1. The summed E-state index contributed by atoms with van der Waals surface area (Å²) in [6.07, 6.45) is 4.90. The van der Waals surface area contributed by atoms with Crippen molar-refractivity contribution in [2.75, 3.05) is 0 Å². The smallest absolute Gasteiger partial charge is 0.156 e. The number of oxime groups is 1. The fourth-order valence-electron chi connectivity index (χ4n) is 2.57. The highest BCUT2D eigenvalue weighted by Crippen LogP contribution is 2.35. The van der Waals surface area contributed by atoms with Gasteiger partial charge in [-0.15, -0.1) is 0 Å². The highest BCUT2D eigenvalue weighted by Gasteiger charge is 2.20. The molecule has 0 spiro atoms. The third-order valence-corrected chi connectivity index (χ3v) is 5.14. The van der Waals surface area contributed by atoms with E-state index in [9.17, 15) is 0 Å². The Balaban J connectivity index is 2.09. The van der Waals surface area contributed by atoms with Crippen LogP contribution in [0.15, 0.2) is 63.9 Å². The summed E-state index contributed by atoms with van der Waals surface area (Å²) >= 11 is 7.75. The van der Waals surface area contributed by atoms with E-state index in [4.69, 9.17) is 21.8 Å². The number of hydrogen-bond acceptors (Lipinski definition) is 5. The summed E-state index contributed by atoms with van der Waals surface area (Å²) in [7, 11) is 0. The standard InChI is InChI=1S/C19H19ClN4OS/c1-13(2)18-19(26-16-5-3-4-15(20)10-16)24(17(23-18)11-22-25)12-14-6-8-21-9-7-14/h3-11,13,25H,12H2,1-2H3/b22-11+. The van der Waals surface area contributed by atoms with Crippen LogP contribution >= 0.6 is 23.4 Å². The predicted molar refractivity (Wildman–Crippen MR) is 105 cm³/mol. The van der Waals surface area contributed by atoms with Crippen LogP contribution in [0, 0.1) is 0 Å². The zero-order chi connectivity index (χ0) is 18.5. The van der Waals surface area contributed by atoms with Gasteiger partial charge in [-0.05, 0) is 41.8 Å². The van der Waals surface area contributed by atoms with Crippen molar-refractivity contribution in [3.63, 3.8) is 0 Å². The van der Waals surface area contributed by atoms with Gasteiger partial charge in [-0.25, -0.2) is 4.98 Å². The van der Waals surface area contributed by atoms with Gasteiger partial charge in [0.15, 0.2) is 5.82 Å². The van der Waals surface area contributed by atoms with Crippen LogP contribution in [-0.2, 0) is 6.54 Å². The normalized spacial score (nSPS) is 11.5. The number of pyridine rings is 1. The van der Waals surface area contributed by atoms with Crippen molar-refractivity contribution in [3.8, 4) is 0 Å². The molecule has 3 rings (SSSR count). The summed E-state index contributed by atoms with van der Waals surface area (Å²) in [6, 6.07) is 11.7. The average molecular weight is 387 g/mol. The van der Waals surface area contributed by atoms with Crippen LogP contribution < -0.4 is 0 Å². The number of aromatic nitrogens is 3. The summed E-state index contributed by atoms with van der Waals surface area (Å²) in [5.41, 5.74) is 2.05. The largest absolute Gasteiger partial charge is 0.411 e. The van der Waals surface area contributed by atoms with Crippen LogP contribution in [0.4, 0.5) is 0 Å². The Labute approximate surface area is 161 Å². The van der Waals surface area contributed by atoms with E-state index < -0.39 is 0 Å². The molecule has 0 aliphatic heterocycles. The molecule has 0 bridgehead atoms. The molecule has 1 aromatic carbocycles. The number of hydrogen-bond donors (Lipinski definition) is 1. The molecule has 0 aliphatic rings. The predicted octanol–water partition coefficient (Wildman–Crippen LogP) is 5.06. The lowest BCUT2D eigenvalue weighted by molar-refractivity contribution is 0.321. The molecule has 1 N–H and O–H groups in total. The van der Waals surface area contributed by atoms with Gasteiger partial charge in [-0.1, -0.05) is 48.4 Å². The number of rotatable bonds is 6. The minimum absolute atomic E-state index is 0.223. The summed E-state index contributed by atoms with van der Waals surface area (Å²) in [5, 5.41) is 14.0. The van der Waals surface area contributed by atoms with Gasteiger partial charge in [0.1, 0.15) is 11.2 Å². The van der Waals surface area contributed by atoms with E-state index >= 15 is 0 Å². The highest BCUT2D eigenvalue weighted by atomic mass is 35.5.